The maximum atomic E-state index is 12.1. The number of aryl methyl sites for hydroxylation is 1. The second-order valence-corrected chi connectivity index (χ2v) is 7.83. The maximum Gasteiger partial charge on any atom is 0.258 e. The molecule has 2 rings (SSSR count). The number of carbonyl (C=O) groups is 1. The Kier molecular flexibility index (Phi) is 8.43. The van der Waals surface area contributed by atoms with E-state index in [0.717, 1.165) is 17.5 Å². The Hall–Kier alpha value is -2.42. The van der Waals surface area contributed by atoms with Crippen molar-refractivity contribution in [2.24, 2.45) is 0 Å². The third-order valence-corrected chi connectivity index (χ3v) is 5.51. The molecule has 8 heteroatoms. The summed E-state index contributed by atoms with van der Waals surface area (Å²) in [5.74, 6) is 0.458. The van der Waals surface area contributed by atoms with E-state index in [1.54, 1.807) is 12.1 Å². The zero-order chi connectivity index (χ0) is 20.4. The minimum absolute atomic E-state index is 0.0765. The van der Waals surface area contributed by atoms with Crippen LogP contribution in [-0.2, 0) is 32.5 Å². The lowest BCUT2D eigenvalue weighted by Crippen LogP contribution is -2.29. The van der Waals surface area contributed by atoms with Crippen LogP contribution in [0.2, 0.25) is 0 Å². The second-order valence-electron chi connectivity index (χ2n) is 6.06. The number of sulfonamides is 1. The number of ether oxygens (including phenoxy) is 2. The molecule has 7 nitrogen and oxygen atoms in total. The van der Waals surface area contributed by atoms with Crippen LogP contribution < -0.4 is 14.8 Å². The fraction of sp³-hybridized carbons (Fsp3) is 0.350. The topological polar surface area (TPSA) is 93.7 Å². The first-order valence-electron chi connectivity index (χ1n) is 9.01. The largest absolute Gasteiger partial charge is 0.483 e. The van der Waals surface area contributed by atoms with Gasteiger partial charge in [0.1, 0.15) is 5.75 Å². The van der Waals surface area contributed by atoms with Crippen molar-refractivity contribution in [3.05, 3.63) is 59.7 Å². The van der Waals surface area contributed by atoms with Crippen molar-refractivity contribution < 1.29 is 22.7 Å². The summed E-state index contributed by atoms with van der Waals surface area (Å²) in [4.78, 5) is 12.2. The van der Waals surface area contributed by atoms with Gasteiger partial charge in [-0.25, -0.2) is 13.1 Å². The summed E-state index contributed by atoms with van der Waals surface area (Å²) >= 11 is 0. The summed E-state index contributed by atoms with van der Waals surface area (Å²) in [6.45, 7) is 2.74. The minimum atomic E-state index is -3.56. The Bertz CT molecular complexity index is 866. The van der Waals surface area contributed by atoms with Crippen LogP contribution in [-0.4, -0.2) is 41.2 Å². The zero-order valence-electron chi connectivity index (χ0n) is 16.1. The highest BCUT2D eigenvalue weighted by Crippen LogP contribution is 2.18. The van der Waals surface area contributed by atoms with E-state index in [2.05, 4.69) is 10.0 Å². The number of benzene rings is 2. The first kappa shape index (κ1) is 21.9. The van der Waals surface area contributed by atoms with Crippen molar-refractivity contribution in [3.8, 4) is 5.75 Å². The number of carbonyl (C=O) groups excluding carboxylic acids is 1. The molecule has 0 bridgehead atoms. The molecule has 0 spiro atoms. The molecule has 0 saturated carbocycles. The first-order chi connectivity index (χ1) is 13.5. The molecule has 0 saturated heterocycles. The number of methoxy groups -OCH3 is 1. The Morgan fingerprint density at radius 1 is 1.07 bits per heavy atom. The van der Waals surface area contributed by atoms with Crippen molar-refractivity contribution in [3.63, 3.8) is 0 Å². The Labute approximate surface area is 166 Å². The predicted molar refractivity (Wildman–Crippen MR) is 107 cm³/mol. The van der Waals surface area contributed by atoms with E-state index in [4.69, 9.17) is 9.47 Å². The molecular weight excluding hydrogens is 380 g/mol. The van der Waals surface area contributed by atoms with Gasteiger partial charge in [-0.3, -0.25) is 4.79 Å². The Morgan fingerprint density at radius 3 is 2.46 bits per heavy atom. The summed E-state index contributed by atoms with van der Waals surface area (Å²) in [7, 11) is -2.06. The van der Waals surface area contributed by atoms with Gasteiger partial charge in [-0.1, -0.05) is 37.3 Å². The monoisotopic (exact) mass is 406 g/mol. The lowest BCUT2D eigenvalue weighted by molar-refractivity contribution is -0.123. The number of hydrogen-bond acceptors (Lipinski definition) is 5. The lowest BCUT2D eigenvalue weighted by atomic mass is 10.1. The minimum Gasteiger partial charge on any atom is -0.483 e. The molecule has 0 heterocycles. The molecule has 152 valence electrons. The van der Waals surface area contributed by atoms with Crippen LogP contribution in [0, 0.1) is 0 Å². The number of para-hydroxylation sites is 1. The molecule has 0 unspecified atom stereocenters. The van der Waals surface area contributed by atoms with Gasteiger partial charge in [-0.05, 0) is 35.7 Å². The Balaban J connectivity index is 1.83. The molecule has 2 aromatic carbocycles. The van der Waals surface area contributed by atoms with Gasteiger partial charge in [-0.2, -0.15) is 0 Å². The van der Waals surface area contributed by atoms with Crippen LogP contribution in [0.3, 0.4) is 0 Å². The van der Waals surface area contributed by atoms with Crippen LogP contribution in [0.5, 0.6) is 5.75 Å². The van der Waals surface area contributed by atoms with Gasteiger partial charge < -0.3 is 14.8 Å². The highest BCUT2D eigenvalue weighted by Gasteiger charge is 2.13. The second kappa shape index (κ2) is 10.8. The standard InChI is InChI=1S/C20H26N2O5S/c1-3-17-6-4-5-7-19(17)27-15-20(23)21-14-16-8-10-18(11-9-16)28(24,25)22-12-13-26-2/h4-11,22H,3,12-15H2,1-2H3,(H,21,23). The predicted octanol–water partition coefficient (Wildman–Crippen LogP) is 1.87. The molecule has 0 radical (unpaired) electrons. The molecular formula is C20H26N2O5S. The Morgan fingerprint density at radius 2 is 1.79 bits per heavy atom. The summed E-state index contributed by atoms with van der Waals surface area (Å²) < 4.78 is 37.1. The van der Waals surface area contributed by atoms with Crippen LogP contribution in [0.15, 0.2) is 53.4 Å². The number of hydrogen-bond donors (Lipinski definition) is 2. The first-order valence-corrected chi connectivity index (χ1v) is 10.5. The van der Waals surface area contributed by atoms with Crippen molar-refractivity contribution in [2.75, 3.05) is 26.9 Å². The van der Waals surface area contributed by atoms with E-state index < -0.39 is 10.0 Å². The average molecular weight is 407 g/mol. The maximum absolute atomic E-state index is 12.1. The van der Waals surface area contributed by atoms with E-state index in [1.165, 1.54) is 19.2 Å². The molecule has 0 aromatic heterocycles. The molecule has 0 aliphatic rings. The van der Waals surface area contributed by atoms with Gasteiger partial charge in [0, 0.05) is 20.2 Å². The average Bonchev–Trinajstić information content (AvgIpc) is 2.71. The lowest BCUT2D eigenvalue weighted by Gasteiger charge is -2.11. The van der Waals surface area contributed by atoms with E-state index in [1.807, 2.05) is 31.2 Å². The molecule has 2 aromatic rings. The summed E-state index contributed by atoms with van der Waals surface area (Å²) in [5, 5.41) is 2.76. The van der Waals surface area contributed by atoms with Crippen molar-refractivity contribution in [1.29, 1.82) is 0 Å². The molecule has 2 N–H and O–H groups in total. The SMILES string of the molecule is CCc1ccccc1OCC(=O)NCc1ccc(S(=O)(=O)NCCOC)cc1. The van der Waals surface area contributed by atoms with E-state index in [9.17, 15) is 13.2 Å². The van der Waals surface area contributed by atoms with Crippen LogP contribution in [0.25, 0.3) is 0 Å². The van der Waals surface area contributed by atoms with Gasteiger partial charge >= 0.3 is 0 Å². The number of amides is 1. The van der Waals surface area contributed by atoms with Gasteiger partial charge in [-0.15, -0.1) is 0 Å². The van der Waals surface area contributed by atoms with Crippen molar-refractivity contribution in [2.45, 2.75) is 24.8 Å². The number of rotatable bonds is 11. The zero-order valence-corrected chi connectivity index (χ0v) is 16.9. The highest BCUT2D eigenvalue weighted by atomic mass is 32.2. The molecule has 0 fully saturated rings. The van der Waals surface area contributed by atoms with Crippen LogP contribution in [0.4, 0.5) is 0 Å². The fourth-order valence-corrected chi connectivity index (χ4v) is 3.49. The van der Waals surface area contributed by atoms with E-state index >= 15 is 0 Å². The van der Waals surface area contributed by atoms with E-state index in [-0.39, 0.29) is 30.5 Å². The van der Waals surface area contributed by atoms with Crippen LogP contribution >= 0.6 is 0 Å². The smallest absolute Gasteiger partial charge is 0.258 e. The third-order valence-electron chi connectivity index (χ3n) is 4.03. The molecule has 0 atom stereocenters. The van der Waals surface area contributed by atoms with Gasteiger partial charge in [0.15, 0.2) is 6.61 Å². The molecule has 0 aliphatic heterocycles. The third kappa shape index (κ3) is 6.63. The molecule has 28 heavy (non-hydrogen) atoms. The summed E-state index contributed by atoms with van der Waals surface area (Å²) in [5.41, 5.74) is 1.84. The van der Waals surface area contributed by atoms with Gasteiger partial charge in [0.05, 0.1) is 11.5 Å². The summed E-state index contributed by atoms with van der Waals surface area (Å²) in [6, 6.07) is 13.9. The quantitative estimate of drug-likeness (QED) is 0.556. The summed E-state index contributed by atoms with van der Waals surface area (Å²) in [6.07, 6.45) is 0.827. The van der Waals surface area contributed by atoms with Crippen molar-refractivity contribution >= 4 is 15.9 Å². The normalized spacial score (nSPS) is 11.2. The van der Waals surface area contributed by atoms with Gasteiger partial charge in [0.2, 0.25) is 10.0 Å². The van der Waals surface area contributed by atoms with E-state index in [0.29, 0.717) is 12.4 Å². The highest BCUT2D eigenvalue weighted by molar-refractivity contribution is 7.89. The fourth-order valence-electron chi connectivity index (χ4n) is 2.48. The van der Waals surface area contributed by atoms with Crippen LogP contribution in [0.1, 0.15) is 18.1 Å². The van der Waals surface area contributed by atoms with Gasteiger partial charge in [0.25, 0.3) is 5.91 Å². The molecule has 0 aliphatic carbocycles. The number of nitrogens with one attached hydrogen (secondary N) is 2. The molecule has 1 amide bonds. The van der Waals surface area contributed by atoms with Crippen molar-refractivity contribution in [1.82, 2.24) is 10.0 Å².